The Bertz CT molecular complexity index is 791. The first-order valence-electron chi connectivity index (χ1n) is 6.47. The van der Waals surface area contributed by atoms with Crippen molar-refractivity contribution < 1.29 is 18.3 Å². The zero-order valence-corrected chi connectivity index (χ0v) is 12.7. The standard InChI is InChI=1S/C16H15NO4S/c1-12-2-7-14(8-3-12)17-22(20,21)15-9-4-13(5-10-15)6-11-16(18)19/h2-11,17H,1H3,(H,18,19)/b11-6+. The van der Waals surface area contributed by atoms with Crippen LogP contribution in [0, 0.1) is 6.92 Å². The lowest BCUT2D eigenvalue weighted by Gasteiger charge is -2.08. The van der Waals surface area contributed by atoms with Crippen LogP contribution in [0.1, 0.15) is 11.1 Å². The molecule has 0 spiro atoms. The fourth-order valence-electron chi connectivity index (χ4n) is 1.76. The van der Waals surface area contributed by atoms with Gasteiger partial charge in [-0.25, -0.2) is 13.2 Å². The van der Waals surface area contributed by atoms with Gasteiger partial charge >= 0.3 is 5.97 Å². The molecule has 114 valence electrons. The third-order valence-corrected chi connectivity index (χ3v) is 4.31. The van der Waals surface area contributed by atoms with Crippen LogP contribution in [0.3, 0.4) is 0 Å². The molecule has 2 N–H and O–H groups in total. The molecule has 0 saturated carbocycles. The van der Waals surface area contributed by atoms with Crippen molar-refractivity contribution >= 4 is 27.8 Å². The van der Waals surface area contributed by atoms with E-state index in [1.54, 1.807) is 24.3 Å². The van der Waals surface area contributed by atoms with Crippen LogP contribution in [0.25, 0.3) is 6.08 Å². The molecular weight excluding hydrogens is 302 g/mol. The summed E-state index contributed by atoms with van der Waals surface area (Å²) in [7, 11) is -3.66. The summed E-state index contributed by atoms with van der Waals surface area (Å²) in [6.07, 6.45) is 2.39. The van der Waals surface area contributed by atoms with Gasteiger partial charge in [0.2, 0.25) is 0 Å². The van der Waals surface area contributed by atoms with E-state index in [2.05, 4.69) is 4.72 Å². The van der Waals surface area contributed by atoms with E-state index in [1.165, 1.54) is 18.2 Å². The Morgan fingerprint density at radius 2 is 1.64 bits per heavy atom. The molecule has 0 aromatic heterocycles. The minimum atomic E-state index is -3.66. The molecule has 0 saturated heterocycles. The topological polar surface area (TPSA) is 83.5 Å². The lowest BCUT2D eigenvalue weighted by molar-refractivity contribution is -0.131. The molecule has 0 fully saturated rings. The number of rotatable bonds is 5. The first kappa shape index (κ1) is 15.8. The highest BCUT2D eigenvalue weighted by atomic mass is 32.2. The summed E-state index contributed by atoms with van der Waals surface area (Å²) >= 11 is 0. The van der Waals surface area contributed by atoms with Gasteiger partial charge in [0.25, 0.3) is 10.0 Å². The van der Waals surface area contributed by atoms with Crippen molar-refractivity contribution in [3.63, 3.8) is 0 Å². The first-order valence-corrected chi connectivity index (χ1v) is 7.96. The molecule has 0 aliphatic heterocycles. The fourth-order valence-corrected chi connectivity index (χ4v) is 2.82. The molecule has 5 nitrogen and oxygen atoms in total. The van der Waals surface area contributed by atoms with Gasteiger partial charge in [0, 0.05) is 11.8 Å². The fraction of sp³-hybridized carbons (Fsp3) is 0.0625. The van der Waals surface area contributed by atoms with Crippen molar-refractivity contribution in [1.29, 1.82) is 0 Å². The molecule has 0 aliphatic carbocycles. The van der Waals surface area contributed by atoms with Crippen molar-refractivity contribution in [3.8, 4) is 0 Å². The van der Waals surface area contributed by atoms with E-state index in [0.29, 0.717) is 11.3 Å². The minimum absolute atomic E-state index is 0.112. The average Bonchev–Trinajstić information content (AvgIpc) is 2.48. The van der Waals surface area contributed by atoms with Crippen LogP contribution in [-0.2, 0) is 14.8 Å². The summed E-state index contributed by atoms with van der Waals surface area (Å²) in [5.41, 5.74) is 2.13. The van der Waals surface area contributed by atoms with E-state index in [-0.39, 0.29) is 4.90 Å². The molecule has 2 aromatic rings. The predicted molar refractivity (Wildman–Crippen MR) is 85.1 cm³/mol. The van der Waals surface area contributed by atoms with Crippen LogP contribution < -0.4 is 4.72 Å². The van der Waals surface area contributed by atoms with Gasteiger partial charge < -0.3 is 5.11 Å². The highest BCUT2D eigenvalue weighted by molar-refractivity contribution is 7.92. The van der Waals surface area contributed by atoms with E-state index >= 15 is 0 Å². The Kier molecular flexibility index (Phi) is 4.62. The Balaban J connectivity index is 2.19. The SMILES string of the molecule is Cc1ccc(NS(=O)(=O)c2ccc(/C=C/C(=O)O)cc2)cc1. The summed E-state index contributed by atoms with van der Waals surface area (Å²) in [6, 6.07) is 13.0. The lowest BCUT2D eigenvalue weighted by Crippen LogP contribution is -2.12. The molecule has 0 aliphatic rings. The van der Waals surface area contributed by atoms with Crippen LogP contribution in [0.15, 0.2) is 59.5 Å². The lowest BCUT2D eigenvalue weighted by atomic mass is 10.2. The number of benzene rings is 2. The Labute approximate surface area is 129 Å². The minimum Gasteiger partial charge on any atom is -0.478 e. The number of carbonyl (C=O) groups is 1. The summed E-state index contributed by atoms with van der Waals surface area (Å²) in [6.45, 7) is 1.92. The Morgan fingerprint density at radius 3 is 2.18 bits per heavy atom. The third-order valence-electron chi connectivity index (χ3n) is 2.91. The maximum absolute atomic E-state index is 12.2. The normalized spacial score (nSPS) is 11.5. The van der Waals surface area contributed by atoms with Gasteiger partial charge in [0.15, 0.2) is 0 Å². The van der Waals surface area contributed by atoms with Gasteiger partial charge in [-0.3, -0.25) is 4.72 Å². The van der Waals surface area contributed by atoms with Crippen LogP contribution in [0.4, 0.5) is 5.69 Å². The maximum Gasteiger partial charge on any atom is 0.328 e. The summed E-state index contributed by atoms with van der Waals surface area (Å²) in [4.78, 5) is 10.5. The number of hydrogen-bond acceptors (Lipinski definition) is 3. The number of carboxylic acids is 1. The summed E-state index contributed by atoms with van der Waals surface area (Å²) in [5.74, 6) is -1.06. The number of hydrogen-bond donors (Lipinski definition) is 2. The molecule has 0 amide bonds. The van der Waals surface area contributed by atoms with E-state index in [0.717, 1.165) is 11.6 Å². The Hall–Kier alpha value is -2.60. The van der Waals surface area contributed by atoms with E-state index in [4.69, 9.17) is 5.11 Å². The van der Waals surface area contributed by atoms with Crippen LogP contribution in [-0.4, -0.2) is 19.5 Å². The second kappa shape index (κ2) is 6.44. The molecule has 6 heteroatoms. The molecule has 2 aromatic carbocycles. The zero-order chi connectivity index (χ0) is 16.2. The van der Waals surface area contributed by atoms with Crippen molar-refractivity contribution in [2.45, 2.75) is 11.8 Å². The predicted octanol–water partition coefficient (Wildman–Crippen LogP) is 2.89. The number of aryl methyl sites for hydroxylation is 1. The monoisotopic (exact) mass is 317 g/mol. The molecule has 2 rings (SSSR count). The molecular formula is C16H15NO4S. The average molecular weight is 317 g/mol. The van der Waals surface area contributed by atoms with E-state index in [9.17, 15) is 13.2 Å². The van der Waals surface area contributed by atoms with Gasteiger partial charge in [0.1, 0.15) is 0 Å². The summed E-state index contributed by atoms with van der Waals surface area (Å²) < 4.78 is 27.0. The second-order valence-electron chi connectivity index (χ2n) is 4.71. The Morgan fingerprint density at radius 1 is 1.05 bits per heavy atom. The number of aliphatic carboxylic acids is 1. The first-order chi connectivity index (χ1) is 10.4. The van der Waals surface area contributed by atoms with Crippen molar-refractivity contribution in [2.24, 2.45) is 0 Å². The van der Waals surface area contributed by atoms with Gasteiger partial charge in [-0.05, 0) is 42.8 Å². The molecule has 0 unspecified atom stereocenters. The highest BCUT2D eigenvalue weighted by Gasteiger charge is 2.13. The van der Waals surface area contributed by atoms with E-state index in [1.807, 2.05) is 19.1 Å². The van der Waals surface area contributed by atoms with Crippen molar-refractivity contribution in [3.05, 3.63) is 65.7 Å². The number of carboxylic acid groups (broad SMARTS) is 1. The van der Waals surface area contributed by atoms with Crippen molar-refractivity contribution in [1.82, 2.24) is 0 Å². The third kappa shape index (κ3) is 4.20. The number of anilines is 1. The van der Waals surface area contributed by atoms with Gasteiger partial charge in [-0.2, -0.15) is 0 Å². The molecule has 0 atom stereocenters. The largest absolute Gasteiger partial charge is 0.478 e. The quantitative estimate of drug-likeness (QED) is 0.831. The van der Waals surface area contributed by atoms with Gasteiger partial charge in [-0.1, -0.05) is 29.8 Å². The second-order valence-corrected chi connectivity index (χ2v) is 6.39. The molecule has 0 bridgehead atoms. The molecule has 0 radical (unpaired) electrons. The molecule has 0 heterocycles. The zero-order valence-electron chi connectivity index (χ0n) is 11.9. The maximum atomic E-state index is 12.2. The summed E-state index contributed by atoms with van der Waals surface area (Å²) in [5, 5.41) is 8.55. The van der Waals surface area contributed by atoms with Crippen LogP contribution >= 0.6 is 0 Å². The van der Waals surface area contributed by atoms with Gasteiger partial charge in [-0.15, -0.1) is 0 Å². The van der Waals surface area contributed by atoms with E-state index < -0.39 is 16.0 Å². The molecule has 22 heavy (non-hydrogen) atoms. The van der Waals surface area contributed by atoms with Gasteiger partial charge in [0.05, 0.1) is 4.90 Å². The smallest absolute Gasteiger partial charge is 0.328 e. The highest BCUT2D eigenvalue weighted by Crippen LogP contribution is 2.17. The number of sulfonamides is 1. The van der Waals surface area contributed by atoms with Crippen LogP contribution in [0.5, 0.6) is 0 Å². The van der Waals surface area contributed by atoms with Crippen molar-refractivity contribution in [2.75, 3.05) is 4.72 Å². The van der Waals surface area contributed by atoms with Crippen LogP contribution in [0.2, 0.25) is 0 Å². The number of nitrogens with one attached hydrogen (secondary N) is 1.